The summed E-state index contributed by atoms with van der Waals surface area (Å²) in [5.41, 5.74) is 2.86. The van der Waals surface area contributed by atoms with E-state index in [4.69, 9.17) is 0 Å². The van der Waals surface area contributed by atoms with Crippen molar-refractivity contribution < 1.29 is 9.59 Å². The molecule has 184 valence electrons. The number of likely N-dealkylation sites (tertiary alicyclic amines) is 1. The van der Waals surface area contributed by atoms with Crippen molar-refractivity contribution in [3.8, 4) is 0 Å². The van der Waals surface area contributed by atoms with E-state index in [0.29, 0.717) is 13.1 Å². The van der Waals surface area contributed by atoms with Gasteiger partial charge in [0.25, 0.3) is 0 Å². The minimum atomic E-state index is -0.210. The van der Waals surface area contributed by atoms with Crippen molar-refractivity contribution in [2.75, 3.05) is 29.0 Å². The van der Waals surface area contributed by atoms with E-state index in [0.717, 1.165) is 47.7 Å². The minimum absolute atomic E-state index is 0.00183. The number of nitrogens with one attached hydrogen (secondary N) is 3. The first-order valence-corrected chi connectivity index (χ1v) is 13.3. The Kier molecular flexibility index (Phi) is 5.91. The largest absolute Gasteiger partial charge is 0.378 e. The van der Waals surface area contributed by atoms with Crippen LogP contribution >= 0.6 is 0 Å². The number of amides is 3. The van der Waals surface area contributed by atoms with Crippen molar-refractivity contribution in [1.29, 1.82) is 0 Å². The van der Waals surface area contributed by atoms with E-state index < -0.39 is 0 Å². The van der Waals surface area contributed by atoms with Gasteiger partial charge in [0, 0.05) is 24.3 Å². The van der Waals surface area contributed by atoms with E-state index in [1.54, 1.807) is 4.90 Å². The van der Waals surface area contributed by atoms with Gasteiger partial charge in [-0.25, -0.2) is 4.79 Å². The second-order valence-corrected chi connectivity index (χ2v) is 11.4. The third-order valence-corrected chi connectivity index (χ3v) is 8.73. The van der Waals surface area contributed by atoms with Gasteiger partial charge >= 0.3 is 6.03 Å². The lowest BCUT2D eigenvalue weighted by atomic mass is 9.53. The zero-order valence-electron chi connectivity index (χ0n) is 20.3. The highest BCUT2D eigenvalue weighted by Gasteiger charge is 2.51. The van der Waals surface area contributed by atoms with Crippen molar-refractivity contribution in [3.05, 3.63) is 54.6 Å². The highest BCUT2D eigenvalue weighted by molar-refractivity contribution is 5.96. The summed E-state index contributed by atoms with van der Waals surface area (Å²) in [6.07, 6.45) is 9.64. The zero-order valence-corrected chi connectivity index (χ0v) is 20.3. The van der Waals surface area contributed by atoms with E-state index in [1.165, 1.54) is 38.5 Å². The maximum absolute atomic E-state index is 13.3. The predicted octanol–water partition coefficient (Wildman–Crippen LogP) is 5.95. The normalized spacial score (nSPS) is 31.1. The molecule has 6 nitrogen and oxygen atoms in total. The first kappa shape index (κ1) is 22.4. The van der Waals surface area contributed by atoms with Crippen LogP contribution in [0.2, 0.25) is 0 Å². The molecule has 1 saturated heterocycles. The summed E-state index contributed by atoms with van der Waals surface area (Å²) < 4.78 is 0. The molecule has 0 radical (unpaired) electrons. The van der Waals surface area contributed by atoms with Crippen LogP contribution in [0.15, 0.2) is 54.6 Å². The van der Waals surface area contributed by atoms with Crippen molar-refractivity contribution >= 4 is 29.0 Å². The molecule has 3 amide bonds. The summed E-state index contributed by atoms with van der Waals surface area (Å²) in [4.78, 5) is 27.9. The molecule has 0 spiro atoms. The van der Waals surface area contributed by atoms with Gasteiger partial charge in [-0.15, -0.1) is 0 Å². The Labute approximate surface area is 207 Å². The van der Waals surface area contributed by atoms with Gasteiger partial charge in [-0.3, -0.25) is 4.79 Å². The molecule has 6 heteroatoms. The lowest BCUT2D eigenvalue weighted by Crippen LogP contribution is -2.54. The van der Waals surface area contributed by atoms with Crippen LogP contribution in [0.25, 0.3) is 0 Å². The van der Waals surface area contributed by atoms with Crippen molar-refractivity contribution in [2.45, 2.75) is 56.9 Å². The molecule has 3 N–H and O–H groups in total. The molecular weight excluding hydrogens is 436 g/mol. The Hall–Kier alpha value is -3.02. The van der Waals surface area contributed by atoms with Crippen LogP contribution in [0, 0.1) is 23.7 Å². The Morgan fingerprint density at radius 2 is 1.43 bits per heavy atom. The standard InChI is InChI=1S/C29H36N4O2/c34-27(23-7-6-12-33(19-23)28(35)30-24-8-2-1-3-9-24)31-25-10-4-5-11-26(25)32-29-16-20-13-21(17-29)15-22(14-20)18-29/h1-5,8-11,20-23,32H,6-7,12-19H2,(H,30,35)(H,31,34). The number of rotatable bonds is 5. The molecule has 4 bridgehead atoms. The second kappa shape index (κ2) is 9.21. The smallest absolute Gasteiger partial charge is 0.321 e. The molecule has 1 unspecified atom stereocenters. The van der Waals surface area contributed by atoms with Crippen LogP contribution in [0.5, 0.6) is 0 Å². The van der Waals surface area contributed by atoms with E-state index >= 15 is 0 Å². The number of hydrogen-bond acceptors (Lipinski definition) is 3. The molecule has 4 aliphatic carbocycles. The number of carbonyl (C=O) groups is 2. The molecule has 2 aromatic rings. The van der Waals surface area contributed by atoms with Crippen LogP contribution in [0.3, 0.4) is 0 Å². The number of carbonyl (C=O) groups excluding carboxylic acids is 2. The van der Waals surface area contributed by atoms with Gasteiger partial charge in [0.05, 0.1) is 17.3 Å². The Bertz CT molecular complexity index is 1050. The topological polar surface area (TPSA) is 73.5 Å². The lowest BCUT2D eigenvalue weighted by molar-refractivity contribution is -0.121. The lowest BCUT2D eigenvalue weighted by Gasteiger charge is -2.57. The third kappa shape index (κ3) is 4.75. The van der Waals surface area contributed by atoms with E-state index in [2.05, 4.69) is 28.1 Å². The van der Waals surface area contributed by atoms with Crippen LogP contribution in [-0.4, -0.2) is 35.5 Å². The first-order chi connectivity index (χ1) is 17.1. The number of piperidine rings is 1. The molecule has 5 aliphatic rings. The second-order valence-electron chi connectivity index (χ2n) is 11.4. The maximum Gasteiger partial charge on any atom is 0.321 e. The zero-order chi connectivity index (χ0) is 23.8. The fraction of sp³-hybridized carbons (Fsp3) is 0.517. The molecule has 2 aromatic carbocycles. The molecule has 0 aromatic heterocycles. The monoisotopic (exact) mass is 472 g/mol. The summed E-state index contributed by atoms with van der Waals surface area (Å²) in [7, 11) is 0. The Morgan fingerprint density at radius 3 is 2.11 bits per heavy atom. The van der Waals surface area contributed by atoms with Crippen LogP contribution < -0.4 is 16.0 Å². The van der Waals surface area contributed by atoms with Gasteiger partial charge in [0.1, 0.15) is 0 Å². The van der Waals surface area contributed by atoms with Crippen LogP contribution in [0.4, 0.5) is 21.9 Å². The molecule has 1 atom stereocenters. The third-order valence-electron chi connectivity index (χ3n) is 8.73. The van der Waals surface area contributed by atoms with E-state index in [1.807, 2.05) is 42.5 Å². The summed E-state index contributed by atoms with van der Waals surface area (Å²) in [6.45, 7) is 1.11. The average molecular weight is 473 g/mol. The van der Waals surface area contributed by atoms with Gasteiger partial charge in [-0.05, 0) is 93.4 Å². The molecule has 1 heterocycles. The fourth-order valence-electron chi connectivity index (χ4n) is 7.58. The van der Waals surface area contributed by atoms with Crippen molar-refractivity contribution in [3.63, 3.8) is 0 Å². The molecular formula is C29H36N4O2. The number of urea groups is 1. The van der Waals surface area contributed by atoms with Crippen molar-refractivity contribution in [1.82, 2.24) is 4.90 Å². The minimum Gasteiger partial charge on any atom is -0.378 e. The number of benzene rings is 2. The summed E-state index contributed by atoms with van der Waals surface area (Å²) in [5, 5.41) is 10.1. The van der Waals surface area contributed by atoms with Gasteiger partial charge in [-0.1, -0.05) is 30.3 Å². The van der Waals surface area contributed by atoms with E-state index in [-0.39, 0.29) is 23.4 Å². The predicted molar refractivity (Wildman–Crippen MR) is 139 cm³/mol. The first-order valence-electron chi connectivity index (χ1n) is 13.3. The van der Waals surface area contributed by atoms with E-state index in [9.17, 15) is 9.59 Å². The summed E-state index contributed by atoms with van der Waals surface area (Å²) in [6, 6.07) is 17.5. The summed E-state index contributed by atoms with van der Waals surface area (Å²) >= 11 is 0. The number of nitrogens with zero attached hydrogens (tertiary/aromatic N) is 1. The van der Waals surface area contributed by atoms with Gasteiger partial charge in [-0.2, -0.15) is 0 Å². The highest BCUT2D eigenvalue weighted by Crippen LogP contribution is 2.56. The van der Waals surface area contributed by atoms with Gasteiger partial charge < -0.3 is 20.9 Å². The quantitative estimate of drug-likeness (QED) is 0.503. The molecule has 35 heavy (non-hydrogen) atoms. The average Bonchev–Trinajstić information content (AvgIpc) is 2.85. The molecule has 1 aliphatic heterocycles. The molecule has 5 fully saturated rings. The SMILES string of the molecule is O=C(Nc1ccccc1NC12CC3CC(CC(C3)C1)C2)C1CCCN(C(=O)Nc2ccccc2)C1. The Balaban J connectivity index is 1.11. The number of para-hydroxylation sites is 3. The molecule has 4 saturated carbocycles. The van der Waals surface area contributed by atoms with Crippen LogP contribution in [-0.2, 0) is 4.79 Å². The van der Waals surface area contributed by atoms with Gasteiger partial charge in [0.15, 0.2) is 0 Å². The Morgan fingerprint density at radius 1 is 0.800 bits per heavy atom. The summed E-state index contributed by atoms with van der Waals surface area (Å²) in [5.74, 6) is 2.39. The van der Waals surface area contributed by atoms with Crippen LogP contribution in [0.1, 0.15) is 51.4 Å². The van der Waals surface area contributed by atoms with Crippen molar-refractivity contribution in [2.24, 2.45) is 23.7 Å². The number of anilines is 3. The fourth-order valence-corrected chi connectivity index (χ4v) is 7.58. The van der Waals surface area contributed by atoms with Gasteiger partial charge in [0.2, 0.25) is 5.91 Å². The number of hydrogen-bond donors (Lipinski definition) is 3. The molecule has 7 rings (SSSR count). The maximum atomic E-state index is 13.3. The highest BCUT2D eigenvalue weighted by atomic mass is 16.2.